The quantitative estimate of drug-likeness (QED) is 0.753. The number of hydrogen-bond acceptors (Lipinski definition) is 4. The maximum Gasteiger partial charge on any atom is 0.320 e. The summed E-state index contributed by atoms with van der Waals surface area (Å²) in [6.07, 6.45) is 0. The van der Waals surface area contributed by atoms with Crippen molar-refractivity contribution in [3.8, 4) is 0 Å². The van der Waals surface area contributed by atoms with Crippen LogP contribution in [0.5, 0.6) is 0 Å². The SMILES string of the molecule is CCOC(=O)CN(C)Cc1cccc(CN)c1. The van der Waals surface area contributed by atoms with Crippen LogP contribution in [0.4, 0.5) is 0 Å². The van der Waals surface area contributed by atoms with Crippen LogP contribution in [0.3, 0.4) is 0 Å². The van der Waals surface area contributed by atoms with Crippen molar-refractivity contribution >= 4 is 5.97 Å². The van der Waals surface area contributed by atoms with Crippen molar-refractivity contribution in [2.75, 3.05) is 20.2 Å². The summed E-state index contributed by atoms with van der Waals surface area (Å²) in [5.74, 6) is -0.190. The Bertz CT molecular complexity index is 366. The van der Waals surface area contributed by atoms with Gasteiger partial charge in [-0.1, -0.05) is 24.3 Å². The van der Waals surface area contributed by atoms with Gasteiger partial charge in [-0.3, -0.25) is 9.69 Å². The smallest absolute Gasteiger partial charge is 0.320 e. The molecule has 0 bridgehead atoms. The lowest BCUT2D eigenvalue weighted by molar-refractivity contribution is -0.144. The van der Waals surface area contributed by atoms with Gasteiger partial charge in [0.05, 0.1) is 13.2 Å². The summed E-state index contributed by atoms with van der Waals surface area (Å²) < 4.78 is 4.89. The molecular formula is C13H20N2O2. The van der Waals surface area contributed by atoms with Crippen LogP contribution in [0, 0.1) is 0 Å². The molecule has 0 radical (unpaired) electrons. The molecule has 4 heteroatoms. The number of ether oxygens (including phenoxy) is 1. The highest BCUT2D eigenvalue weighted by Crippen LogP contribution is 2.07. The Morgan fingerprint density at radius 1 is 1.41 bits per heavy atom. The average Bonchev–Trinajstić information content (AvgIpc) is 2.29. The zero-order valence-electron chi connectivity index (χ0n) is 10.5. The molecule has 0 atom stereocenters. The number of rotatable bonds is 6. The lowest BCUT2D eigenvalue weighted by Crippen LogP contribution is -2.27. The van der Waals surface area contributed by atoms with Gasteiger partial charge in [0.1, 0.15) is 0 Å². The highest BCUT2D eigenvalue weighted by Gasteiger charge is 2.07. The summed E-state index contributed by atoms with van der Waals surface area (Å²) in [5, 5.41) is 0. The van der Waals surface area contributed by atoms with E-state index in [-0.39, 0.29) is 5.97 Å². The van der Waals surface area contributed by atoms with Gasteiger partial charge in [0.2, 0.25) is 0 Å². The molecule has 0 saturated carbocycles. The predicted octanol–water partition coefficient (Wildman–Crippen LogP) is 1.14. The van der Waals surface area contributed by atoms with Gasteiger partial charge in [0.15, 0.2) is 0 Å². The first-order valence-electron chi connectivity index (χ1n) is 5.77. The molecule has 0 aliphatic heterocycles. The Hall–Kier alpha value is -1.39. The number of carbonyl (C=O) groups excluding carboxylic acids is 1. The van der Waals surface area contributed by atoms with Crippen molar-refractivity contribution in [1.29, 1.82) is 0 Å². The molecule has 0 aliphatic rings. The Kier molecular flexibility index (Phi) is 5.66. The van der Waals surface area contributed by atoms with Gasteiger partial charge >= 0.3 is 5.97 Å². The average molecular weight is 236 g/mol. The van der Waals surface area contributed by atoms with E-state index in [4.69, 9.17) is 10.5 Å². The fraction of sp³-hybridized carbons (Fsp3) is 0.462. The summed E-state index contributed by atoms with van der Waals surface area (Å²) in [6, 6.07) is 8.06. The molecular weight excluding hydrogens is 216 g/mol. The molecule has 2 N–H and O–H groups in total. The van der Waals surface area contributed by atoms with Gasteiger partial charge in [-0.05, 0) is 25.1 Å². The number of likely N-dealkylation sites (N-methyl/N-ethyl adjacent to an activating group) is 1. The Morgan fingerprint density at radius 3 is 2.76 bits per heavy atom. The van der Waals surface area contributed by atoms with Crippen molar-refractivity contribution < 1.29 is 9.53 Å². The van der Waals surface area contributed by atoms with Gasteiger partial charge in [0.25, 0.3) is 0 Å². The van der Waals surface area contributed by atoms with E-state index < -0.39 is 0 Å². The lowest BCUT2D eigenvalue weighted by Gasteiger charge is -2.15. The predicted molar refractivity (Wildman–Crippen MR) is 67.3 cm³/mol. The minimum absolute atomic E-state index is 0.190. The Labute approximate surface area is 102 Å². The molecule has 94 valence electrons. The van der Waals surface area contributed by atoms with Crippen LogP contribution in [0.15, 0.2) is 24.3 Å². The Balaban J connectivity index is 2.49. The van der Waals surface area contributed by atoms with Crippen molar-refractivity contribution in [3.63, 3.8) is 0 Å². The molecule has 0 aromatic heterocycles. The van der Waals surface area contributed by atoms with Crippen LogP contribution >= 0.6 is 0 Å². The van der Waals surface area contributed by atoms with Crippen LogP contribution in [0.1, 0.15) is 18.1 Å². The molecule has 0 heterocycles. The topological polar surface area (TPSA) is 55.6 Å². The van der Waals surface area contributed by atoms with E-state index in [9.17, 15) is 4.79 Å². The van der Waals surface area contributed by atoms with Crippen molar-refractivity contribution in [3.05, 3.63) is 35.4 Å². The fourth-order valence-corrected chi connectivity index (χ4v) is 1.65. The van der Waals surface area contributed by atoms with Crippen molar-refractivity contribution in [2.45, 2.75) is 20.0 Å². The highest BCUT2D eigenvalue weighted by molar-refractivity contribution is 5.71. The van der Waals surface area contributed by atoms with E-state index in [0.717, 1.165) is 11.1 Å². The van der Waals surface area contributed by atoms with E-state index in [1.54, 1.807) is 0 Å². The number of hydrogen-bond donors (Lipinski definition) is 1. The molecule has 0 aliphatic carbocycles. The summed E-state index contributed by atoms with van der Waals surface area (Å²) >= 11 is 0. The number of carbonyl (C=O) groups is 1. The number of nitrogens with two attached hydrogens (primary N) is 1. The minimum atomic E-state index is -0.190. The van der Waals surface area contributed by atoms with Crippen LogP contribution in [0.25, 0.3) is 0 Å². The van der Waals surface area contributed by atoms with Crippen molar-refractivity contribution in [1.82, 2.24) is 4.90 Å². The van der Waals surface area contributed by atoms with Crippen LogP contribution in [-0.4, -0.2) is 31.1 Å². The fourth-order valence-electron chi connectivity index (χ4n) is 1.65. The first kappa shape index (κ1) is 13.7. The lowest BCUT2D eigenvalue weighted by atomic mass is 10.1. The molecule has 0 unspecified atom stereocenters. The minimum Gasteiger partial charge on any atom is -0.465 e. The standard InChI is InChI=1S/C13H20N2O2/c1-3-17-13(16)10-15(2)9-12-6-4-5-11(7-12)8-14/h4-7H,3,8-10,14H2,1-2H3. The van der Waals surface area contributed by atoms with E-state index in [2.05, 4.69) is 6.07 Å². The molecule has 0 amide bonds. The Morgan fingerprint density at radius 2 is 2.12 bits per heavy atom. The van der Waals surface area contributed by atoms with Crippen LogP contribution < -0.4 is 5.73 Å². The van der Waals surface area contributed by atoms with E-state index in [1.165, 1.54) is 0 Å². The second-order valence-corrected chi connectivity index (χ2v) is 4.00. The molecule has 1 aromatic rings. The highest BCUT2D eigenvalue weighted by atomic mass is 16.5. The zero-order chi connectivity index (χ0) is 12.7. The molecule has 1 aromatic carbocycles. The van der Waals surface area contributed by atoms with Gasteiger partial charge in [0, 0.05) is 13.1 Å². The molecule has 0 spiro atoms. The van der Waals surface area contributed by atoms with Crippen LogP contribution in [0.2, 0.25) is 0 Å². The third-order valence-electron chi connectivity index (χ3n) is 2.38. The molecule has 17 heavy (non-hydrogen) atoms. The largest absolute Gasteiger partial charge is 0.465 e. The maximum absolute atomic E-state index is 11.3. The van der Waals surface area contributed by atoms with Gasteiger partial charge in [-0.2, -0.15) is 0 Å². The summed E-state index contributed by atoms with van der Waals surface area (Å²) in [4.78, 5) is 13.2. The first-order valence-corrected chi connectivity index (χ1v) is 5.77. The summed E-state index contributed by atoms with van der Waals surface area (Å²) in [7, 11) is 1.89. The normalized spacial score (nSPS) is 10.6. The molecule has 1 rings (SSSR count). The third-order valence-corrected chi connectivity index (χ3v) is 2.38. The van der Waals surface area contributed by atoms with Gasteiger partial charge in [-0.25, -0.2) is 0 Å². The second-order valence-electron chi connectivity index (χ2n) is 4.00. The van der Waals surface area contributed by atoms with Gasteiger partial charge in [-0.15, -0.1) is 0 Å². The first-order chi connectivity index (χ1) is 8.15. The van der Waals surface area contributed by atoms with Gasteiger partial charge < -0.3 is 10.5 Å². The third kappa shape index (κ3) is 4.97. The molecule has 4 nitrogen and oxygen atoms in total. The van der Waals surface area contributed by atoms with E-state index in [0.29, 0.717) is 26.2 Å². The molecule has 0 saturated heterocycles. The monoisotopic (exact) mass is 236 g/mol. The maximum atomic E-state index is 11.3. The summed E-state index contributed by atoms with van der Waals surface area (Å²) in [6.45, 7) is 3.79. The number of esters is 1. The van der Waals surface area contributed by atoms with Crippen LogP contribution in [-0.2, 0) is 22.6 Å². The second kappa shape index (κ2) is 7.04. The van der Waals surface area contributed by atoms with E-state index in [1.807, 2.05) is 37.1 Å². The summed E-state index contributed by atoms with van der Waals surface area (Å²) in [5.41, 5.74) is 7.84. The number of nitrogens with zero attached hydrogens (tertiary/aromatic N) is 1. The zero-order valence-corrected chi connectivity index (χ0v) is 10.5. The van der Waals surface area contributed by atoms with Crippen molar-refractivity contribution in [2.24, 2.45) is 5.73 Å². The number of benzene rings is 1. The van der Waals surface area contributed by atoms with E-state index >= 15 is 0 Å². The molecule has 0 fully saturated rings.